The van der Waals surface area contributed by atoms with Gasteiger partial charge in [-0.3, -0.25) is 0 Å². The highest BCUT2D eigenvalue weighted by atomic mass is 35.5. The van der Waals surface area contributed by atoms with E-state index in [0.29, 0.717) is 5.75 Å². The van der Waals surface area contributed by atoms with E-state index in [2.05, 4.69) is 9.97 Å². The molecule has 3 nitrogen and oxygen atoms in total. The highest BCUT2D eigenvalue weighted by Crippen LogP contribution is 2.31. The molecule has 0 amide bonds. The van der Waals surface area contributed by atoms with Gasteiger partial charge < -0.3 is 4.74 Å². The molecule has 0 aliphatic carbocycles. The second kappa shape index (κ2) is 5.28. The molecule has 0 N–H and O–H groups in total. The molecular weight excluding hydrogens is 293 g/mol. The lowest BCUT2D eigenvalue weighted by Gasteiger charge is -2.11. The summed E-state index contributed by atoms with van der Waals surface area (Å²) in [5.74, 6) is -1.15. The monoisotopic (exact) mass is 302 g/mol. The SMILES string of the molecule is Cc1cccc(Oc2cc(Cl)nc(C(F)(F)F)n2)c1C. The first-order valence-electron chi connectivity index (χ1n) is 5.63. The van der Waals surface area contributed by atoms with E-state index in [1.807, 2.05) is 13.0 Å². The van der Waals surface area contributed by atoms with Crippen LogP contribution in [0.4, 0.5) is 13.2 Å². The first-order valence-corrected chi connectivity index (χ1v) is 6.01. The van der Waals surface area contributed by atoms with Crippen LogP contribution in [0.1, 0.15) is 17.0 Å². The van der Waals surface area contributed by atoms with Gasteiger partial charge in [0.05, 0.1) is 0 Å². The first-order chi connectivity index (χ1) is 9.27. The zero-order chi connectivity index (χ0) is 14.9. The fourth-order valence-corrected chi connectivity index (χ4v) is 1.70. The van der Waals surface area contributed by atoms with Crippen molar-refractivity contribution in [3.8, 4) is 11.6 Å². The van der Waals surface area contributed by atoms with Gasteiger partial charge in [-0.2, -0.15) is 18.2 Å². The van der Waals surface area contributed by atoms with Crippen molar-refractivity contribution >= 4 is 11.6 Å². The van der Waals surface area contributed by atoms with E-state index in [4.69, 9.17) is 16.3 Å². The van der Waals surface area contributed by atoms with Crippen molar-refractivity contribution in [3.05, 3.63) is 46.4 Å². The Bertz CT molecular complexity index is 644. The van der Waals surface area contributed by atoms with Crippen molar-refractivity contribution in [2.24, 2.45) is 0 Å². The minimum Gasteiger partial charge on any atom is -0.439 e. The third-order valence-corrected chi connectivity index (χ3v) is 2.89. The molecule has 1 heterocycles. The summed E-state index contributed by atoms with van der Waals surface area (Å²) < 4.78 is 43.1. The summed E-state index contributed by atoms with van der Waals surface area (Å²) in [5, 5.41) is -0.326. The number of aromatic nitrogens is 2. The van der Waals surface area contributed by atoms with Gasteiger partial charge in [-0.15, -0.1) is 0 Å². The predicted octanol–water partition coefficient (Wildman–Crippen LogP) is 4.56. The molecule has 0 radical (unpaired) electrons. The maximum atomic E-state index is 12.6. The zero-order valence-electron chi connectivity index (χ0n) is 10.6. The molecule has 0 aliphatic rings. The molecule has 2 aromatic rings. The maximum absolute atomic E-state index is 12.6. The largest absolute Gasteiger partial charge is 0.451 e. The molecule has 1 aromatic carbocycles. The summed E-state index contributed by atoms with van der Waals surface area (Å²) in [6, 6.07) is 6.39. The summed E-state index contributed by atoms with van der Waals surface area (Å²) in [6.45, 7) is 3.68. The Morgan fingerprint density at radius 1 is 1.15 bits per heavy atom. The molecule has 1 aromatic heterocycles. The highest BCUT2D eigenvalue weighted by Gasteiger charge is 2.35. The summed E-state index contributed by atoms with van der Waals surface area (Å²) >= 11 is 5.56. The molecule has 2 rings (SSSR count). The fraction of sp³-hybridized carbons (Fsp3) is 0.231. The molecule has 106 valence electrons. The van der Waals surface area contributed by atoms with Crippen molar-refractivity contribution in [1.82, 2.24) is 9.97 Å². The number of alkyl halides is 3. The summed E-state index contributed by atoms with van der Waals surface area (Å²) in [5.41, 5.74) is 1.77. The Hall–Kier alpha value is -1.82. The molecule has 0 saturated heterocycles. The van der Waals surface area contributed by atoms with E-state index in [1.165, 1.54) is 0 Å². The second-order valence-corrected chi connectivity index (χ2v) is 4.54. The summed E-state index contributed by atoms with van der Waals surface area (Å²) in [7, 11) is 0. The summed E-state index contributed by atoms with van der Waals surface area (Å²) in [6.07, 6.45) is -4.68. The van der Waals surface area contributed by atoms with Crippen molar-refractivity contribution < 1.29 is 17.9 Å². The molecule has 0 fully saturated rings. The number of halogens is 4. The Labute approximate surface area is 118 Å². The number of hydrogen-bond donors (Lipinski definition) is 0. The van der Waals surface area contributed by atoms with Gasteiger partial charge in [0.2, 0.25) is 11.7 Å². The van der Waals surface area contributed by atoms with Gasteiger partial charge in [0, 0.05) is 6.07 Å². The molecule has 0 atom stereocenters. The third kappa shape index (κ3) is 3.19. The van der Waals surface area contributed by atoms with Crippen LogP contribution in [0.15, 0.2) is 24.3 Å². The third-order valence-electron chi connectivity index (χ3n) is 2.69. The molecule has 0 unspecified atom stereocenters. The Morgan fingerprint density at radius 3 is 2.50 bits per heavy atom. The van der Waals surface area contributed by atoms with Crippen molar-refractivity contribution in [2.75, 3.05) is 0 Å². The lowest BCUT2D eigenvalue weighted by Crippen LogP contribution is -2.11. The molecule has 20 heavy (non-hydrogen) atoms. The van der Waals surface area contributed by atoms with E-state index < -0.39 is 12.0 Å². The van der Waals surface area contributed by atoms with Gasteiger partial charge in [0.25, 0.3) is 0 Å². The lowest BCUT2D eigenvalue weighted by molar-refractivity contribution is -0.145. The molecule has 7 heteroatoms. The van der Waals surface area contributed by atoms with Crippen molar-refractivity contribution in [3.63, 3.8) is 0 Å². The number of aryl methyl sites for hydroxylation is 1. The van der Waals surface area contributed by atoms with E-state index in [9.17, 15) is 13.2 Å². The number of benzene rings is 1. The van der Waals surface area contributed by atoms with Crippen LogP contribution in [0, 0.1) is 13.8 Å². The van der Waals surface area contributed by atoms with Crippen molar-refractivity contribution in [2.45, 2.75) is 20.0 Å². The van der Waals surface area contributed by atoms with Crippen LogP contribution in [0.3, 0.4) is 0 Å². The standard InChI is InChI=1S/C13H10ClF3N2O/c1-7-4-3-5-9(8(7)2)20-11-6-10(14)18-12(19-11)13(15,16)17/h3-6H,1-2H3. The van der Waals surface area contributed by atoms with E-state index >= 15 is 0 Å². The first kappa shape index (κ1) is 14.6. The van der Waals surface area contributed by atoms with Gasteiger partial charge in [0.15, 0.2) is 0 Å². The molecule has 0 spiro atoms. The average Bonchev–Trinajstić information content (AvgIpc) is 2.33. The fourth-order valence-electron chi connectivity index (χ4n) is 1.52. The maximum Gasteiger partial charge on any atom is 0.451 e. The van der Waals surface area contributed by atoms with Crippen LogP contribution in [0.5, 0.6) is 11.6 Å². The van der Waals surface area contributed by atoms with Crippen molar-refractivity contribution in [1.29, 1.82) is 0 Å². The van der Waals surface area contributed by atoms with Crippen LogP contribution >= 0.6 is 11.6 Å². The highest BCUT2D eigenvalue weighted by molar-refractivity contribution is 6.29. The van der Waals surface area contributed by atoms with Gasteiger partial charge >= 0.3 is 6.18 Å². The Balaban J connectivity index is 2.39. The number of hydrogen-bond acceptors (Lipinski definition) is 3. The number of ether oxygens (including phenoxy) is 1. The van der Waals surface area contributed by atoms with Gasteiger partial charge in [-0.25, -0.2) is 4.98 Å². The van der Waals surface area contributed by atoms with Crippen LogP contribution in [0.25, 0.3) is 0 Å². The average molecular weight is 303 g/mol. The Kier molecular flexibility index (Phi) is 3.85. The van der Waals surface area contributed by atoms with E-state index in [0.717, 1.165) is 17.2 Å². The van der Waals surface area contributed by atoms with Gasteiger partial charge in [-0.1, -0.05) is 23.7 Å². The quantitative estimate of drug-likeness (QED) is 0.763. The topological polar surface area (TPSA) is 35.0 Å². The smallest absolute Gasteiger partial charge is 0.439 e. The van der Waals surface area contributed by atoms with Crippen LogP contribution in [0.2, 0.25) is 5.15 Å². The summed E-state index contributed by atoms with van der Waals surface area (Å²) in [4.78, 5) is 6.46. The van der Waals surface area contributed by atoms with Gasteiger partial charge in [0.1, 0.15) is 10.9 Å². The zero-order valence-corrected chi connectivity index (χ0v) is 11.4. The molecule has 0 saturated carbocycles. The molecule has 0 bridgehead atoms. The van der Waals surface area contributed by atoms with Crippen LogP contribution in [-0.2, 0) is 6.18 Å². The normalized spacial score (nSPS) is 11.5. The van der Waals surface area contributed by atoms with Crippen LogP contribution < -0.4 is 4.74 Å². The number of rotatable bonds is 2. The van der Waals surface area contributed by atoms with Gasteiger partial charge in [-0.05, 0) is 31.0 Å². The number of nitrogens with zero attached hydrogens (tertiary/aromatic N) is 2. The minimum atomic E-state index is -4.68. The second-order valence-electron chi connectivity index (χ2n) is 4.15. The molecule has 0 aliphatic heterocycles. The predicted molar refractivity (Wildman–Crippen MR) is 68.0 cm³/mol. The minimum absolute atomic E-state index is 0.244. The van der Waals surface area contributed by atoms with E-state index in [-0.39, 0.29) is 11.0 Å². The molecular formula is C13H10ClF3N2O. The lowest BCUT2D eigenvalue weighted by atomic mass is 10.1. The Morgan fingerprint density at radius 2 is 1.85 bits per heavy atom. The van der Waals surface area contributed by atoms with Crippen LogP contribution in [-0.4, -0.2) is 9.97 Å². The van der Waals surface area contributed by atoms with E-state index in [1.54, 1.807) is 19.1 Å².